The molecule has 1 aromatic carbocycles. The van der Waals surface area contributed by atoms with Gasteiger partial charge in [-0.25, -0.2) is 4.98 Å². The molecule has 0 bridgehead atoms. The van der Waals surface area contributed by atoms with E-state index in [1.54, 1.807) is 23.1 Å². The number of nitrogens with zero attached hydrogens (tertiary/aromatic N) is 3. The number of piperidine rings is 1. The minimum atomic E-state index is -4.59. The molecule has 124 valence electrons. The lowest BCUT2D eigenvalue weighted by Crippen LogP contribution is -2.43. The molecule has 1 aliphatic rings. The van der Waals surface area contributed by atoms with Crippen molar-refractivity contribution in [2.75, 3.05) is 6.54 Å². The van der Waals surface area contributed by atoms with Crippen LogP contribution in [-0.2, 0) is 17.5 Å². The van der Waals surface area contributed by atoms with Crippen LogP contribution in [0.25, 0.3) is 11.0 Å². The second-order valence-corrected chi connectivity index (χ2v) is 5.94. The van der Waals surface area contributed by atoms with Crippen LogP contribution < -0.4 is 0 Å². The Morgan fingerprint density at radius 2 is 2.04 bits per heavy atom. The summed E-state index contributed by atoms with van der Waals surface area (Å²) in [6, 6.07) is 6.43. The number of hydrogen-bond acceptors (Lipinski definition) is 2. The maximum atomic E-state index is 13.2. The fourth-order valence-corrected chi connectivity index (χ4v) is 3.15. The number of likely N-dealkylation sites (tertiary alicyclic amines) is 1. The Hall–Kier alpha value is -2.05. The van der Waals surface area contributed by atoms with Gasteiger partial charge in [0.1, 0.15) is 6.54 Å². The summed E-state index contributed by atoms with van der Waals surface area (Å²) in [5, 5.41) is 0. The second-order valence-electron chi connectivity index (χ2n) is 5.94. The van der Waals surface area contributed by atoms with Gasteiger partial charge in [0.05, 0.1) is 11.0 Å². The predicted octanol–water partition coefficient (Wildman–Crippen LogP) is 3.46. The van der Waals surface area contributed by atoms with Gasteiger partial charge >= 0.3 is 6.18 Å². The van der Waals surface area contributed by atoms with Crippen molar-refractivity contribution < 1.29 is 18.0 Å². The average molecular weight is 325 g/mol. The molecule has 0 spiro atoms. The largest absolute Gasteiger partial charge is 0.449 e. The lowest BCUT2D eigenvalue weighted by atomic mass is 10.0. The monoisotopic (exact) mass is 325 g/mol. The van der Waals surface area contributed by atoms with E-state index in [9.17, 15) is 18.0 Å². The van der Waals surface area contributed by atoms with Crippen LogP contribution in [0.15, 0.2) is 24.3 Å². The number of alkyl halides is 3. The zero-order valence-corrected chi connectivity index (χ0v) is 12.8. The quantitative estimate of drug-likeness (QED) is 0.848. The van der Waals surface area contributed by atoms with E-state index in [-0.39, 0.29) is 24.0 Å². The summed E-state index contributed by atoms with van der Waals surface area (Å²) in [6.07, 6.45) is -1.75. The first-order valence-electron chi connectivity index (χ1n) is 7.70. The molecule has 0 saturated carbocycles. The summed E-state index contributed by atoms with van der Waals surface area (Å²) >= 11 is 0. The molecule has 4 nitrogen and oxygen atoms in total. The molecular weight excluding hydrogens is 307 g/mol. The van der Waals surface area contributed by atoms with Crippen LogP contribution in [0, 0.1) is 0 Å². The average Bonchev–Trinajstić information content (AvgIpc) is 2.87. The van der Waals surface area contributed by atoms with Gasteiger partial charge in [-0.1, -0.05) is 12.1 Å². The van der Waals surface area contributed by atoms with Crippen LogP contribution in [-0.4, -0.2) is 32.9 Å². The zero-order chi connectivity index (χ0) is 16.6. The van der Waals surface area contributed by atoms with Crippen molar-refractivity contribution in [1.29, 1.82) is 0 Å². The smallest absolute Gasteiger partial charge is 0.338 e. The first-order valence-corrected chi connectivity index (χ1v) is 7.70. The third-order valence-corrected chi connectivity index (χ3v) is 4.32. The van der Waals surface area contributed by atoms with Gasteiger partial charge in [-0.3, -0.25) is 4.79 Å². The molecular formula is C16H18F3N3O. The number of imidazole rings is 1. The zero-order valence-electron chi connectivity index (χ0n) is 12.8. The number of hydrogen-bond donors (Lipinski definition) is 0. The Bertz CT molecular complexity index is 723. The van der Waals surface area contributed by atoms with E-state index < -0.39 is 12.0 Å². The number of benzene rings is 1. The summed E-state index contributed by atoms with van der Waals surface area (Å²) in [5.74, 6) is -1.30. The molecule has 1 saturated heterocycles. The summed E-state index contributed by atoms with van der Waals surface area (Å²) < 4.78 is 40.7. The van der Waals surface area contributed by atoms with Gasteiger partial charge in [-0.2, -0.15) is 13.2 Å². The second kappa shape index (κ2) is 5.86. The summed E-state index contributed by atoms with van der Waals surface area (Å²) in [7, 11) is 0. The van der Waals surface area contributed by atoms with Gasteiger partial charge in [0.25, 0.3) is 0 Å². The first kappa shape index (κ1) is 15.8. The van der Waals surface area contributed by atoms with Crippen LogP contribution >= 0.6 is 0 Å². The van der Waals surface area contributed by atoms with Crippen molar-refractivity contribution >= 4 is 16.9 Å². The van der Waals surface area contributed by atoms with Crippen molar-refractivity contribution in [2.24, 2.45) is 0 Å². The van der Waals surface area contributed by atoms with Gasteiger partial charge in [0, 0.05) is 12.6 Å². The number of fused-ring (bicyclic) bond motifs is 1. The predicted molar refractivity (Wildman–Crippen MR) is 79.8 cm³/mol. The lowest BCUT2D eigenvalue weighted by Gasteiger charge is -2.33. The molecule has 7 heteroatoms. The number of aromatic nitrogens is 2. The Kier molecular flexibility index (Phi) is 4.04. The highest BCUT2D eigenvalue weighted by Crippen LogP contribution is 2.31. The van der Waals surface area contributed by atoms with Crippen molar-refractivity contribution in [1.82, 2.24) is 14.5 Å². The maximum Gasteiger partial charge on any atom is 0.449 e. The number of carbonyl (C=O) groups is 1. The summed E-state index contributed by atoms with van der Waals surface area (Å²) in [5.41, 5.74) is 0.581. The number of para-hydroxylation sites is 2. The van der Waals surface area contributed by atoms with E-state index in [1.165, 1.54) is 6.07 Å². The van der Waals surface area contributed by atoms with E-state index in [1.807, 2.05) is 6.92 Å². The molecule has 0 N–H and O–H groups in total. The Morgan fingerprint density at radius 1 is 1.30 bits per heavy atom. The van der Waals surface area contributed by atoms with Gasteiger partial charge in [0.2, 0.25) is 11.7 Å². The highest BCUT2D eigenvalue weighted by Gasteiger charge is 2.38. The Balaban J connectivity index is 1.96. The molecule has 3 rings (SSSR count). The number of halogens is 3. The Morgan fingerprint density at radius 3 is 2.74 bits per heavy atom. The molecule has 1 atom stereocenters. The molecule has 1 amide bonds. The first-order chi connectivity index (χ1) is 10.9. The number of amides is 1. The molecule has 1 aliphatic heterocycles. The van der Waals surface area contributed by atoms with Gasteiger partial charge in [0.15, 0.2) is 0 Å². The van der Waals surface area contributed by atoms with Crippen LogP contribution in [0.4, 0.5) is 13.2 Å². The molecule has 2 heterocycles. The molecule has 0 aliphatic carbocycles. The lowest BCUT2D eigenvalue weighted by molar-refractivity contribution is -0.148. The third kappa shape index (κ3) is 3.04. The topological polar surface area (TPSA) is 38.1 Å². The van der Waals surface area contributed by atoms with E-state index >= 15 is 0 Å². The van der Waals surface area contributed by atoms with Crippen LogP contribution in [0.1, 0.15) is 32.0 Å². The summed E-state index contributed by atoms with van der Waals surface area (Å²) in [4.78, 5) is 17.9. The number of rotatable bonds is 2. The van der Waals surface area contributed by atoms with Crippen LogP contribution in [0.5, 0.6) is 0 Å². The van der Waals surface area contributed by atoms with E-state index in [0.29, 0.717) is 12.1 Å². The molecule has 2 aromatic rings. The normalized spacial score (nSPS) is 19.3. The van der Waals surface area contributed by atoms with Crippen molar-refractivity contribution in [3.05, 3.63) is 30.1 Å². The minimum absolute atomic E-state index is 0.0698. The molecule has 1 aromatic heterocycles. The molecule has 1 fully saturated rings. The minimum Gasteiger partial charge on any atom is -0.338 e. The van der Waals surface area contributed by atoms with Crippen molar-refractivity contribution in [2.45, 2.75) is 44.9 Å². The molecule has 23 heavy (non-hydrogen) atoms. The van der Waals surface area contributed by atoms with Crippen LogP contribution in [0.3, 0.4) is 0 Å². The van der Waals surface area contributed by atoms with E-state index in [4.69, 9.17) is 0 Å². The summed E-state index contributed by atoms with van der Waals surface area (Å²) in [6.45, 7) is 2.21. The molecule has 0 radical (unpaired) electrons. The maximum absolute atomic E-state index is 13.2. The van der Waals surface area contributed by atoms with Gasteiger partial charge in [-0.05, 0) is 38.3 Å². The fourth-order valence-electron chi connectivity index (χ4n) is 3.15. The highest BCUT2D eigenvalue weighted by molar-refractivity contribution is 5.81. The number of carbonyl (C=O) groups excluding carboxylic acids is 1. The Labute approximate surface area is 131 Å². The van der Waals surface area contributed by atoms with E-state index in [0.717, 1.165) is 23.8 Å². The van der Waals surface area contributed by atoms with Crippen molar-refractivity contribution in [3.63, 3.8) is 0 Å². The highest BCUT2D eigenvalue weighted by atomic mass is 19.4. The SMILES string of the molecule is CC1CCCCN1C(=O)Cn1c(C(F)(F)F)nc2ccccc21. The van der Waals surface area contributed by atoms with Crippen LogP contribution in [0.2, 0.25) is 0 Å². The fraction of sp³-hybridized carbons (Fsp3) is 0.500. The molecule has 1 unspecified atom stereocenters. The van der Waals surface area contributed by atoms with E-state index in [2.05, 4.69) is 4.98 Å². The van der Waals surface area contributed by atoms with Gasteiger partial charge < -0.3 is 9.47 Å². The van der Waals surface area contributed by atoms with Crippen molar-refractivity contribution in [3.8, 4) is 0 Å². The third-order valence-electron chi connectivity index (χ3n) is 4.32. The van der Waals surface area contributed by atoms with Gasteiger partial charge in [-0.15, -0.1) is 0 Å². The standard InChI is InChI=1S/C16H18F3N3O/c1-11-6-4-5-9-21(11)14(23)10-22-13-8-3-2-7-12(13)20-15(22)16(17,18)19/h2-3,7-8,11H,4-6,9-10H2,1H3.